The SMILES string of the molecule is CC(C)C(C(=O)N1CCCC1C)n1cc(-c2ccc(COc3c(-c4ccc(F)c5sc(N)c(C#N)c45)c(Cl)cc4c(N5CC6CCC(C5)N6)nc(OC5CCOCC5)nc34)cc2)nn1. The van der Waals surface area contributed by atoms with Crippen LogP contribution in [0.4, 0.5) is 15.2 Å². The zero-order valence-corrected chi connectivity index (χ0v) is 37.6. The lowest BCUT2D eigenvalue weighted by molar-refractivity contribution is -0.137. The fraction of sp³-hybridized carbons (Fsp3) is 0.447. The summed E-state index contributed by atoms with van der Waals surface area (Å²) in [5.41, 5.74) is 10.2. The number of rotatable bonds is 11. The van der Waals surface area contributed by atoms with Crippen molar-refractivity contribution in [2.75, 3.05) is 43.5 Å². The minimum atomic E-state index is -0.492. The number of aromatic nitrogens is 5. The quantitative estimate of drug-likeness (QED) is 0.128. The van der Waals surface area contributed by atoms with Gasteiger partial charge in [-0.1, -0.05) is 61.0 Å². The highest BCUT2D eigenvalue weighted by Crippen LogP contribution is 2.50. The molecule has 10 rings (SSSR count). The minimum Gasteiger partial charge on any atom is -0.486 e. The van der Waals surface area contributed by atoms with Gasteiger partial charge < -0.3 is 35.1 Å². The number of nitrogen functional groups attached to an aromatic ring is 1. The monoisotopic (exact) mass is 904 g/mol. The van der Waals surface area contributed by atoms with E-state index < -0.39 is 11.9 Å². The summed E-state index contributed by atoms with van der Waals surface area (Å²) in [6.07, 6.45) is 7.28. The Bertz CT molecular complexity index is 2770. The fourth-order valence-electron chi connectivity index (χ4n) is 9.88. The van der Waals surface area contributed by atoms with Gasteiger partial charge in [0, 0.05) is 72.5 Å². The number of piperazine rings is 1. The van der Waals surface area contributed by atoms with Gasteiger partial charge in [0.15, 0.2) is 5.75 Å². The average molecular weight is 906 g/mol. The van der Waals surface area contributed by atoms with Gasteiger partial charge in [0.25, 0.3) is 0 Å². The molecule has 6 aromatic rings. The van der Waals surface area contributed by atoms with Crippen LogP contribution in [0.2, 0.25) is 5.02 Å². The van der Waals surface area contributed by atoms with Gasteiger partial charge in [-0.15, -0.1) is 16.4 Å². The number of nitrogens with one attached hydrogen (secondary N) is 1. The lowest BCUT2D eigenvalue weighted by Crippen LogP contribution is -2.51. The maximum atomic E-state index is 15.5. The van der Waals surface area contributed by atoms with Crippen LogP contribution in [0.3, 0.4) is 0 Å². The van der Waals surface area contributed by atoms with Gasteiger partial charge in [-0.05, 0) is 61.8 Å². The van der Waals surface area contributed by atoms with Crippen molar-refractivity contribution in [3.05, 3.63) is 70.6 Å². The summed E-state index contributed by atoms with van der Waals surface area (Å²) in [7, 11) is 0. The summed E-state index contributed by atoms with van der Waals surface area (Å²) in [6.45, 7) is 9.69. The number of anilines is 2. The van der Waals surface area contributed by atoms with Gasteiger partial charge in [-0.25, -0.2) is 9.07 Å². The fourth-order valence-corrected chi connectivity index (χ4v) is 11.1. The molecular formula is C47H50ClFN10O4S. The molecule has 64 heavy (non-hydrogen) atoms. The van der Waals surface area contributed by atoms with E-state index in [2.05, 4.69) is 33.5 Å². The molecule has 0 spiro atoms. The van der Waals surface area contributed by atoms with Crippen LogP contribution in [0.25, 0.3) is 43.4 Å². The Morgan fingerprint density at radius 2 is 1.86 bits per heavy atom. The normalized spacial score (nSPS) is 20.7. The Labute approximate surface area is 379 Å². The lowest BCUT2D eigenvalue weighted by atomic mass is 9.96. The minimum absolute atomic E-state index is 0.0225. The van der Waals surface area contributed by atoms with Crippen LogP contribution in [0.1, 0.15) is 76.5 Å². The van der Waals surface area contributed by atoms with E-state index in [4.69, 9.17) is 41.5 Å². The van der Waals surface area contributed by atoms with Gasteiger partial charge in [0.1, 0.15) is 52.7 Å². The Kier molecular flexibility index (Phi) is 11.5. The number of hydrogen-bond donors (Lipinski definition) is 2. The first kappa shape index (κ1) is 42.4. The molecular weight excluding hydrogens is 855 g/mol. The summed E-state index contributed by atoms with van der Waals surface area (Å²) in [6, 6.07) is 15.4. The maximum Gasteiger partial charge on any atom is 0.319 e. The molecule has 14 nitrogen and oxygen atoms in total. The van der Waals surface area contributed by atoms with Crippen LogP contribution in [-0.4, -0.2) is 92.8 Å². The average Bonchev–Trinajstić information content (AvgIpc) is 4.10. The number of halogens is 2. The highest BCUT2D eigenvalue weighted by atomic mass is 35.5. The molecule has 3 aromatic carbocycles. The second-order valence-corrected chi connectivity index (χ2v) is 19.3. The Balaban J connectivity index is 1.05. The number of nitrogens with two attached hydrogens (primary N) is 1. The Hall–Kier alpha value is -5.60. The van der Waals surface area contributed by atoms with Gasteiger partial charge >= 0.3 is 6.01 Å². The van der Waals surface area contributed by atoms with Crippen LogP contribution in [0.5, 0.6) is 11.8 Å². The number of nitrogens with zero attached hydrogens (tertiary/aromatic N) is 8. The van der Waals surface area contributed by atoms with Crippen molar-refractivity contribution in [2.45, 2.75) is 96.2 Å². The summed E-state index contributed by atoms with van der Waals surface area (Å²) < 4.78 is 36.5. The largest absolute Gasteiger partial charge is 0.486 e. The van der Waals surface area contributed by atoms with E-state index in [1.807, 2.05) is 55.3 Å². The maximum absolute atomic E-state index is 15.5. The van der Waals surface area contributed by atoms with Crippen molar-refractivity contribution in [1.29, 1.82) is 5.26 Å². The Morgan fingerprint density at radius 3 is 2.56 bits per heavy atom. The van der Waals surface area contributed by atoms with Crippen LogP contribution in [-0.2, 0) is 16.1 Å². The zero-order valence-electron chi connectivity index (χ0n) is 36.0. The summed E-state index contributed by atoms with van der Waals surface area (Å²) in [5, 5.41) is 24.5. The molecule has 0 radical (unpaired) electrons. The number of ether oxygens (including phenoxy) is 3. The van der Waals surface area contributed by atoms with E-state index in [1.54, 1.807) is 10.7 Å². The van der Waals surface area contributed by atoms with Crippen molar-refractivity contribution >= 4 is 60.7 Å². The van der Waals surface area contributed by atoms with E-state index in [9.17, 15) is 10.1 Å². The molecule has 2 bridgehead atoms. The summed E-state index contributed by atoms with van der Waals surface area (Å²) in [5.74, 6) is 0.637. The number of amides is 1. The summed E-state index contributed by atoms with van der Waals surface area (Å²) >= 11 is 8.41. The van der Waals surface area contributed by atoms with Gasteiger partial charge in [0.05, 0.1) is 34.7 Å². The van der Waals surface area contributed by atoms with Crippen LogP contribution in [0, 0.1) is 23.1 Å². The number of thiophene rings is 1. The predicted octanol–water partition coefficient (Wildman–Crippen LogP) is 8.30. The van der Waals surface area contributed by atoms with E-state index >= 15 is 4.39 Å². The number of hydrogen-bond acceptors (Lipinski definition) is 13. The van der Waals surface area contributed by atoms with Crippen LogP contribution in [0.15, 0.2) is 48.7 Å². The molecule has 4 fully saturated rings. The molecule has 17 heteroatoms. The molecule has 4 aliphatic rings. The van der Waals surface area contributed by atoms with Gasteiger partial charge in [-0.3, -0.25) is 4.79 Å². The Morgan fingerprint density at radius 1 is 1.09 bits per heavy atom. The standard InChI is InChI=1S/C47H50ClFN10O4S/c1-25(2)41(46(60)58-16-4-5-26(58)3)59-23-37(55-56-59)28-8-6-27(7-9-28)24-62-42-39(32-12-13-36(49)43-38(32)34(20-50)44(51)64-43)35(48)19-33-40(42)53-47(63-31-14-17-61-18-15-31)54-45(33)57-21-29-10-11-30(22-57)52-29/h6-9,12-13,19,23,25-26,29-31,41,52H,4-5,10-11,14-18,21-22,24,51H2,1-3H3. The molecule has 3 N–H and O–H groups in total. The molecule has 1 amide bonds. The number of carbonyl (C=O) groups excluding carboxylic acids is 1. The third-order valence-corrected chi connectivity index (χ3v) is 14.5. The van der Waals surface area contributed by atoms with E-state index in [0.717, 1.165) is 67.8 Å². The highest BCUT2D eigenvalue weighted by Gasteiger charge is 2.36. The van der Waals surface area contributed by atoms with E-state index in [-0.39, 0.29) is 51.9 Å². The van der Waals surface area contributed by atoms with Crippen LogP contribution < -0.4 is 25.4 Å². The number of benzene rings is 3. The smallest absolute Gasteiger partial charge is 0.319 e. The summed E-state index contributed by atoms with van der Waals surface area (Å²) in [4.78, 5) is 28.1. The molecule has 332 valence electrons. The predicted molar refractivity (Wildman–Crippen MR) is 245 cm³/mol. The molecule has 7 heterocycles. The third kappa shape index (κ3) is 7.86. The molecule has 4 saturated heterocycles. The first-order valence-electron chi connectivity index (χ1n) is 22.2. The van der Waals surface area contributed by atoms with E-state index in [0.29, 0.717) is 87.8 Å². The zero-order chi connectivity index (χ0) is 44.2. The number of fused-ring (bicyclic) bond motifs is 4. The number of carbonyl (C=O) groups is 1. The van der Waals surface area contributed by atoms with Crippen molar-refractivity contribution in [2.24, 2.45) is 5.92 Å². The molecule has 4 unspecified atom stereocenters. The molecule has 4 atom stereocenters. The van der Waals surface area contributed by atoms with E-state index in [1.165, 1.54) is 6.07 Å². The van der Waals surface area contributed by atoms with Crippen LogP contribution >= 0.6 is 22.9 Å². The third-order valence-electron chi connectivity index (χ3n) is 13.2. The first-order valence-corrected chi connectivity index (χ1v) is 23.4. The van der Waals surface area contributed by atoms with Crippen molar-refractivity contribution in [3.63, 3.8) is 0 Å². The molecule has 0 aliphatic carbocycles. The molecule has 3 aromatic heterocycles. The van der Waals surface area contributed by atoms with Crippen molar-refractivity contribution in [3.8, 4) is 40.2 Å². The second-order valence-electron chi connectivity index (χ2n) is 17.8. The second kappa shape index (κ2) is 17.4. The molecule has 4 aliphatic heterocycles. The first-order chi connectivity index (χ1) is 31.0. The van der Waals surface area contributed by atoms with Gasteiger partial charge in [0.2, 0.25) is 5.91 Å². The molecule has 0 saturated carbocycles. The van der Waals surface area contributed by atoms with Crippen molar-refractivity contribution in [1.82, 2.24) is 35.2 Å². The van der Waals surface area contributed by atoms with Crippen molar-refractivity contribution < 1.29 is 23.4 Å². The number of nitriles is 1. The topological polar surface area (TPSA) is 170 Å². The van der Waals surface area contributed by atoms with Gasteiger partial charge in [-0.2, -0.15) is 15.2 Å². The lowest BCUT2D eigenvalue weighted by Gasteiger charge is -2.34. The highest BCUT2D eigenvalue weighted by molar-refractivity contribution is 7.23. The number of likely N-dealkylation sites (tertiary alicyclic amines) is 1.